The fraction of sp³-hybridized carbons (Fsp3) is 0. The molecule has 80 valence electrons. The summed E-state index contributed by atoms with van der Waals surface area (Å²) in [5.41, 5.74) is -1.65. The molecular weight excluding hydrogens is 208 g/mol. The van der Waals surface area contributed by atoms with Gasteiger partial charge >= 0.3 is 11.9 Å². The van der Waals surface area contributed by atoms with Crippen LogP contribution < -0.4 is 0 Å². The largest absolute Gasteiger partial charge is 0.478 e. The Labute approximate surface area is 99.2 Å². The SMILES string of the molecule is [2H]c1c(C(=O)O)c([2H])c2c([2H])c([2H])c(C(=O)O)c([2H])c2c1[2H]. The van der Waals surface area contributed by atoms with E-state index < -0.39 is 70.1 Å². The molecule has 2 aromatic rings. The first-order chi connectivity index (χ1) is 10.1. The van der Waals surface area contributed by atoms with Crippen molar-refractivity contribution < 1.29 is 28.0 Å². The van der Waals surface area contributed by atoms with Gasteiger partial charge in [-0.15, -0.1) is 0 Å². The van der Waals surface area contributed by atoms with Crippen molar-refractivity contribution in [3.8, 4) is 0 Å². The van der Waals surface area contributed by atoms with Crippen LogP contribution in [0.3, 0.4) is 0 Å². The van der Waals surface area contributed by atoms with Crippen LogP contribution >= 0.6 is 0 Å². The molecule has 0 aliphatic carbocycles. The molecule has 0 saturated carbocycles. The smallest absolute Gasteiger partial charge is 0.335 e. The lowest BCUT2D eigenvalue weighted by Gasteiger charge is -2.01. The number of rotatable bonds is 2. The number of hydrogen-bond donors (Lipinski definition) is 2. The first-order valence-corrected chi connectivity index (χ1v) is 4.11. The van der Waals surface area contributed by atoms with E-state index in [0.717, 1.165) is 0 Å². The maximum Gasteiger partial charge on any atom is 0.335 e. The maximum atomic E-state index is 11.1. The lowest BCUT2D eigenvalue weighted by atomic mass is 10.0. The van der Waals surface area contributed by atoms with Crippen molar-refractivity contribution >= 4 is 22.7 Å². The van der Waals surface area contributed by atoms with Crippen LogP contribution in [0.2, 0.25) is 0 Å². The summed E-state index contributed by atoms with van der Waals surface area (Å²) < 4.78 is 46.4. The maximum absolute atomic E-state index is 11.1. The van der Waals surface area contributed by atoms with Crippen LogP contribution in [0.15, 0.2) is 36.3 Å². The summed E-state index contributed by atoms with van der Waals surface area (Å²) in [6, 6.07) is -4.77. The summed E-state index contributed by atoms with van der Waals surface area (Å²) in [4.78, 5) is 22.2. The van der Waals surface area contributed by atoms with E-state index in [-0.39, 0.29) is 0 Å². The quantitative estimate of drug-likeness (QED) is 0.817. The van der Waals surface area contributed by atoms with Gasteiger partial charge in [0.05, 0.1) is 19.4 Å². The van der Waals surface area contributed by atoms with Crippen molar-refractivity contribution in [3.05, 3.63) is 47.4 Å². The molecule has 0 aromatic heterocycles. The molecule has 0 bridgehead atoms. The van der Waals surface area contributed by atoms with Crippen LogP contribution in [0.4, 0.5) is 0 Å². The van der Waals surface area contributed by atoms with Gasteiger partial charge in [0.15, 0.2) is 0 Å². The van der Waals surface area contributed by atoms with E-state index in [9.17, 15) is 9.59 Å². The van der Waals surface area contributed by atoms with Crippen molar-refractivity contribution in [1.82, 2.24) is 0 Å². The number of hydrogen-bond acceptors (Lipinski definition) is 2. The third-order valence-electron chi connectivity index (χ3n) is 1.80. The Kier molecular flexibility index (Phi) is 1.17. The minimum Gasteiger partial charge on any atom is -0.478 e. The Morgan fingerprint density at radius 3 is 1.56 bits per heavy atom. The molecule has 0 radical (unpaired) electrons. The van der Waals surface area contributed by atoms with Crippen LogP contribution in [0.1, 0.15) is 28.9 Å². The van der Waals surface area contributed by atoms with E-state index in [0.29, 0.717) is 0 Å². The van der Waals surface area contributed by atoms with E-state index in [1.807, 2.05) is 0 Å². The number of aromatic carboxylic acids is 2. The van der Waals surface area contributed by atoms with E-state index in [2.05, 4.69) is 0 Å². The van der Waals surface area contributed by atoms with Gasteiger partial charge in [-0.05, 0) is 34.9 Å². The summed E-state index contributed by atoms with van der Waals surface area (Å²) in [5, 5.41) is 17.1. The zero-order chi connectivity index (χ0) is 16.9. The highest BCUT2D eigenvalue weighted by molar-refractivity contribution is 5.97. The highest BCUT2D eigenvalue weighted by Crippen LogP contribution is 2.18. The van der Waals surface area contributed by atoms with Gasteiger partial charge in [-0.3, -0.25) is 0 Å². The van der Waals surface area contributed by atoms with E-state index in [4.69, 9.17) is 18.4 Å². The third-order valence-corrected chi connectivity index (χ3v) is 1.80. The predicted molar refractivity (Wildman–Crippen MR) is 57.9 cm³/mol. The molecular formula is C12H8O4. The molecule has 2 N–H and O–H groups in total. The van der Waals surface area contributed by atoms with E-state index in [1.165, 1.54) is 0 Å². The predicted octanol–water partition coefficient (Wildman–Crippen LogP) is 2.24. The first-order valence-electron chi connectivity index (χ1n) is 7.11. The van der Waals surface area contributed by atoms with Crippen molar-refractivity contribution in [2.24, 2.45) is 0 Å². The van der Waals surface area contributed by atoms with Gasteiger partial charge in [0.2, 0.25) is 0 Å². The van der Waals surface area contributed by atoms with Crippen LogP contribution in [0.25, 0.3) is 10.8 Å². The molecule has 0 unspecified atom stereocenters. The van der Waals surface area contributed by atoms with E-state index >= 15 is 0 Å². The molecule has 0 aliphatic heterocycles. The zero-order valence-corrected chi connectivity index (χ0v) is 7.71. The Morgan fingerprint density at radius 2 is 1.25 bits per heavy atom. The normalized spacial score (nSPS) is 15.5. The van der Waals surface area contributed by atoms with Crippen LogP contribution in [-0.4, -0.2) is 22.2 Å². The van der Waals surface area contributed by atoms with Crippen molar-refractivity contribution in [2.45, 2.75) is 0 Å². The second-order valence-corrected chi connectivity index (χ2v) is 2.86. The number of benzene rings is 2. The van der Waals surface area contributed by atoms with Gasteiger partial charge in [-0.2, -0.15) is 0 Å². The second-order valence-electron chi connectivity index (χ2n) is 2.86. The molecule has 0 spiro atoms. The van der Waals surface area contributed by atoms with Gasteiger partial charge in [-0.1, -0.05) is 12.1 Å². The van der Waals surface area contributed by atoms with Crippen LogP contribution in [0, 0.1) is 0 Å². The molecule has 0 aliphatic rings. The third kappa shape index (κ3) is 1.72. The van der Waals surface area contributed by atoms with Gasteiger partial charge in [-0.25, -0.2) is 9.59 Å². The molecule has 2 aromatic carbocycles. The average Bonchev–Trinajstić information content (AvgIpc) is 2.39. The van der Waals surface area contributed by atoms with Gasteiger partial charge in [0.25, 0.3) is 0 Å². The fourth-order valence-electron chi connectivity index (χ4n) is 1.09. The molecule has 0 fully saturated rings. The summed E-state index contributed by atoms with van der Waals surface area (Å²) in [6.45, 7) is 0. The monoisotopic (exact) mass is 222 g/mol. The Balaban J connectivity index is 3.22. The summed E-state index contributed by atoms with van der Waals surface area (Å²) in [7, 11) is 0. The van der Waals surface area contributed by atoms with Crippen molar-refractivity contribution in [3.63, 3.8) is 0 Å². The van der Waals surface area contributed by atoms with Gasteiger partial charge in [0.1, 0.15) is 0 Å². The summed E-state index contributed by atoms with van der Waals surface area (Å²) in [5.74, 6) is -3.30. The van der Waals surface area contributed by atoms with Gasteiger partial charge < -0.3 is 10.2 Å². The second kappa shape index (κ2) is 3.66. The molecule has 4 nitrogen and oxygen atoms in total. The Bertz CT molecular complexity index is 790. The average molecular weight is 222 g/mol. The summed E-state index contributed by atoms with van der Waals surface area (Å²) >= 11 is 0. The van der Waals surface area contributed by atoms with Crippen LogP contribution in [-0.2, 0) is 0 Å². The highest BCUT2D eigenvalue weighted by atomic mass is 16.4. The first kappa shape index (κ1) is 5.12. The fourth-order valence-corrected chi connectivity index (χ4v) is 1.09. The molecule has 2 rings (SSSR count). The number of carbonyl (C=O) groups is 2. The molecule has 0 heterocycles. The molecule has 0 amide bonds. The number of fused-ring (bicyclic) bond motifs is 1. The van der Waals surface area contributed by atoms with E-state index in [1.54, 1.807) is 0 Å². The topological polar surface area (TPSA) is 74.6 Å². The lowest BCUT2D eigenvalue weighted by molar-refractivity contribution is 0.0686. The lowest BCUT2D eigenvalue weighted by Crippen LogP contribution is -1.97. The number of carboxylic acids is 2. The summed E-state index contributed by atoms with van der Waals surface area (Å²) in [6.07, 6.45) is 0. The molecule has 0 atom stereocenters. The van der Waals surface area contributed by atoms with Gasteiger partial charge in [0, 0.05) is 0 Å². The number of carboxylic acid groups (broad SMARTS) is 2. The highest BCUT2D eigenvalue weighted by Gasteiger charge is 2.06. The minimum absolute atomic E-state index is 0.488. The molecule has 16 heavy (non-hydrogen) atoms. The molecule has 0 saturated heterocycles. The molecule has 4 heteroatoms. The zero-order valence-electron chi connectivity index (χ0n) is 13.7. The minimum atomic E-state index is -1.65. The Morgan fingerprint density at radius 1 is 0.875 bits per heavy atom. The standard InChI is InChI=1S/C12H8O4/c13-11(14)9-3-1-7-5-10(12(15)16)4-2-8(7)6-9/h1-6H,(H,13,14)(H,15,16)/i1D,2D,3D,4D,5D,6D. The van der Waals surface area contributed by atoms with Crippen LogP contribution in [0.5, 0.6) is 0 Å². The van der Waals surface area contributed by atoms with Crippen molar-refractivity contribution in [1.29, 1.82) is 0 Å². The Hall–Kier alpha value is -2.36. The van der Waals surface area contributed by atoms with Crippen molar-refractivity contribution in [2.75, 3.05) is 0 Å².